The van der Waals surface area contributed by atoms with Crippen LogP contribution in [0.15, 0.2) is 30.6 Å². The monoisotopic (exact) mass is 350 g/mol. The molecule has 0 radical (unpaired) electrons. The van der Waals surface area contributed by atoms with Gasteiger partial charge >= 0.3 is 6.09 Å². The molecule has 6 nitrogen and oxygen atoms in total. The number of carboxylic acid groups (broad SMARTS) is 1. The Hall–Kier alpha value is -2.31. The van der Waals surface area contributed by atoms with E-state index in [0.29, 0.717) is 44.9 Å². The molecule has 2 aromatic heterocycles. The van der Waals surface area contributed by atoms with Gasteiger partial charge < -0.3 is 5.11 Å². The standard InChI is InChI=1S/C15H12Cl2N4O2/c1-2-11-13(20-15(22)23)21-6-5-18-12(14(21)19-11)9-4-3-8(16)7-10(9)17/h3-7,20H,2H2,1H3,(H,22,23). The maximum atomic E-state index is 11.0. The van der Waals surface area contributed by atoms with Crippen LogP contribution in [0, 0.1) is 0 Å². The van der Waals surface area contributed by atoms with Gasteiger partial charge in [0.1, 0.15) is 11.5 Å². The molecule has 0 aliphatic heterocycles. The fourth-order valence-electron chi connectivity index (χ4n) is 2.38. The molecule has 0 saturated heterocycles. The van der Waals surface area contributed by atoms with Crippen molar-refractivity contribution in [3.8, 4) is 11.3 Å². The Bertz CT molecular complexity index is 908. The van der Waals surface area contributed by atoms with Crippen LogP contribution in [0.25, 0.3) is 16.9 Å². The highest BCUT2D eigenvalue weighted by Gasteiger charge is 2.18. The molecular weight excluding hydrogens is 339 g/mol. The molecule has 0 bridgehead atoms. The van der Waals surface area contributed by atoms with Crippen molar-refractivity contribution in [1.82, 2.24) is 14.4 Å². The van der Waals surface area contributed by atoms with E-state index in [1.165, 1.54) is 0 Å². The second-order valence-corrected chi connectivity index (χ2v) is 5.63. The Kier molecular flexibility index (Phi) is 4.11. The van der Waals surface area contributed by atoms with Crippen molar-refractivity contribution < 1.29 is 9.90 Å². The molecule has 2 N–H and O–H groups in total. The summed E-state index contributed by atoms with van der Waals surface area (Å²) >= 11 is 12.2. The molecule has 0 saturated carbocycles. The lowest BCUT2D eigenvalue weighted by atomic mass is 10.1. The third kappa shape index (κ3) is 2.83. The predicted molar refractivity (Wildman–Crippen MR) is 89.5 cm³/mol. The number of fused-ring (bicyclic) bond motifs is 1. The molecule has 0 spiro atoms. The van der Waals surface area contributed by atoms with E-state index in [1.54, 1.807) is 35.0 Å². The Morgan fingerprint density at radius 2 is 2.17 bits per heavy atom. The average molecular weight is 351 g/mol. The van der Waals surface area contributed by atoms with Gasteiger partial charge in [0.25, 0.3) is 0 Å². The number of nitrogens with one attached hydrogen (secondary N) is 1. The highest BCUT2D eigenvalue weighted by Crippen LogP contribution is 2.32. The quantitative estimate of drug-likeness (QED) is 0.735. The summed E-state index contributed by atoms with van der Waals surface area (Å²) in [5.41, 5.74) is 2.39. The van der Waals surface area contributed by atoms with Crippen LogP contribution in [0.5, 0.6) is 0 Å². The zero-order valence-electron chi connectivity index (χ0n) is 12.0. The van der Waals surface area contributed by atoms with Crippen LogP contribution in [0.1, 0.15) is 12.6 Å². The summed E-state index contributed by atoms with van der Waals surface area (Å²) in [6, 6.07) is 5.11. The normalized spacial score (nSPS) is 10.9. The maximum Gasteiger partial charge on any atom is 0.410 e. The number of aromatic nitrogens is 3. The van der Waals surface area contributed by atoms with E-state index in [2.05, 4.69) is 15.3 Å². The minimum Gasteiger partial charge on any atom is -0.465 e. The lowest BCUT2D eigenvalue weighted by Crippen LogP contribution is -2.11. The Morgan fingerprint density at radius 3 is 2.83 bits per heavy atom. The molecule has 0 unspecified atom stereocenters. The van der Waals surface area contributed by atoms with Crippen LogP contribution in [0.4, 0.5) is 10.6 Å². The van der Waals surface area contributed by atoms with Gasteiger partial charge in [-0.15, -0.1) is 0 Å². The average Bonchev–Trinajstić information content (AvgIpc) is 2.85. The van der Waals surface area contributed by atoms with Crippen LogP contribution < -0.4 is 5.32 Å². The lowest BCUT2D eigenvalue weighted by molar-refractivity contribution is 0.209. The summed E-state index contributed by atoms with van der Waals surface area (Å²) in [6.45, 7) is 1.90. The molecule has 2 heterocycles. The first-order valence-electron chi connectivity index (χ1n) is 6.82. The smallest absolute Gasteiger partial charge is 0.410 e. The number of aryl methyl sites for hydroxylation is 1. The summed E-state index contributed by atoms with van der Waals surface area (Å²) in [6.07, 6.45) is 2.65. The number of hydrogen-bond donors (Lipinski definition) is 2. The minimum absolute atomic E-state index is 0.406. The third-order valence-electron chi connectivity index (χ3n) is 3.36. The van der Waals surface area contributed by atoms with Gasteiger partial charge in [-0.3, -0.25) is 14.7 Å². The number of nitrogens with zero attached hydrogens (tertiary/aromatic N) is 3. The third-order valence-corrected chi connectivity index (χ3v) is 3.91. The van der Waals surface area contributed by atoms with Crippen molar-refractivity contribution in [3.63, 3.8) is 0 Å². The first kappa shape index (κ1) is 15.6. The second kappa shape index (κ2) is 6.06. The van der Waals surface area contributed by atoms with Crippen LogP contribution in [0.3, 0.4) is 0 Å². The van der Waals surface area contributed by atoms with Crippen molar-refractivity contribution in [2.75, 3.05) is 5.32 Å². The Labute approximate surface area is 141 Å². The number of rotatable bonds is 3. The fourth-order valence-corrected chi connectivity index (χ4v) is 2.87. The van der Waals surface area contributed by atoms with Crippen LogP contribution in [0.2, 0.25) is 10.0 Å². The first-order chi connectivity index (χ1) is 11.0. The molecule has 0 aliphatic carbocycles. The van der Waals surface area contributed by atoms with Crippen LogP contribution in [-0.2, 0) is 6.42 Å². The summed E-state index contributed by atoms with van der Waals surface area (Å²) in [4.78, 5) is 19.9. The van der Waals surface area contributed by atoms with Gasteiger partial charge in [-0.1, -0.05) is 30.1 Å². The van der Waals surface area contributed by atoms with E-state index < -0.39 is 6.09 Å². The summed E-state index contributed by atoms with van der Waals surface area (Å²) in [7, 11) is 0. The number of halogens is 2. The fraction of sp³-hybridized carbons (Fsp3) is 0.133. The molecule has 0 fully saturated rings. The zero-order chi connectivity index (χ0) is 16.6. The Morgan fingerprint density at radius 1 is 1.39 bits per heavy atom. The Balaban J connectivity index is 2.27. The summed E-state index contributed by atoms with van der Waals surface area (Å²) in [5.74, 6) is 0.406. The molecule has 0 atom stereocenters. The predicted octanol–water partition coefficient (Wildman–Crippen LogP) is 4.36. The highest BCUT2D eigenvalue weighted by molar-refractivity contribution is 6.36. The van der Waals surface area contributed by atoms with Crippen molar-refractivity contribution in [1.29, 1.82) is 0 Å². The molecule has 3 aromatic rings. The van der Waals surface area contributed by atoms with Gasteiger partial charge in [-0.2, -0.15) is 0 Å². The minimum atomic E-state index is -1.15. The lowest BCUT2D eigenvalue weighted by Gasteiger charge is -2.07. The van der Waals surface area contributed by atoms with Gasteiger partial charge in [0.2, 0.25) is 0 Å². The van der Waals surface area contributed by atoms with Gasteiger partial charge in [-0.25, -0.2) is 9.78 Å². The maximum absolute atomic E-state index is 11.0. The number of hydrogen-bond acceptors (Lipinski definition) is 3. The molecule has 3 rings (SSSR count). The van der Waals surface area contributed by atoms with Gasteiger partial charge in [0.05, 0.1) is 10.7 Å². The van der Waals surface area contributed by atoms with Crippen molar-refractivity contribution in [2.24, 2.45) is 0 Å². The number of carbonyl (C=O) groups is 1. The second-order valence-electron chi connectivity index (χ2n) is 4.78. The first-order valence-corrected chi connectivity index (χ1v) is 7.58. The van der Waals surface area contributed by atoms with Crippen LogP contribution >= 0.6 is 23.2 Å². The SMILES string of the molecule is CCc1nc2c(-c3ccc(Cl)cc3Cl)nccn2c1NC(=O)O. The highest BCUT2D eigenvalue weighted by atomic mass is 35.5. The topological polar surface area (TPSA) is 79.5 Å². The number of anilines is 1. The van der Waals surface area contributed by atoms with Crippen molar-refractivity contribution in [2.45, 2.75) is 13.3 Å². The van der Waals surface area contributed by atoms with E-state index in [1.807, 2.05) is 6.92 Å². The molecule has 118 valence electrons. The molecule has 23 heavy (non-hydrogen) atoms. The molecule has 1 amide bonds. The van der Waals surface area contributed by atoms with Crippen molar-refractivity contribution >= 4 is 40.8 Å². The van der Waals surface area contributed by atoms with Gasteiger partial charge in [0, 0.05) is 23.0 Å². The number of amides is 1. The number of benzene rings is 1. The van der Waals surface area contributed by atoms with Gasteiger partial charge in [-0.05, 0) is 24.6 Å². The zero-order valence-corrected chi connectivity index (χ0v) is 13.6. The van der Waals surface area contributed by atoms with E-state index in [-0.39, 0.29) is 0 Å². The molecule has 0 aliphatic rings. The summed E-state index contributed by atoms with van der Waals surface area (Å²) < 4.78 is 1.65. The largest absolute Gasteiger partial charge is 0.465 e. The van der Waals surface area contributed by atoms with E-state index in [4.69, 9.17) is 28.3 Å². The molecular formula is C15H12Cl2N4O2. The van der Waals surface area contributed by atoms with E-state index in [0.717, 1.165) is 0 Å². The molecule has 8 heteroatoms. The number of imidazole rings is 1. The molecule has 1 aromatic carbocycles. The van der Waals surface area contributed by atoms with Crippen LogP contribution in [-0.4, -0.2) is 25.6 Å². The van der Waals surface area contributed by atoms with Crippen molar-refractivity contribution in [3.05, 3.63) is 46.3 Å². The van der Waals surface area contributed by atoms with Gasteiger partial charge in [0.15, 0.2) is 5.65 Å². The summed E-state index contributed by atoms with van der Waals surface area (Å²) in [5, 5.41) is 12.4. The van der Waals surface area contributed by atoms with E-state index in [9.17, 15) is 4.79 Å². The van der Waals surface area contributed by atoms with E-state index >= 15 is 0 Å².